The van der Waals surface area contributed by atoms with E-state index in [1.807, 2.05) is 35.2 Å². The van der Waals surface area contributed by atoms with Gasteiger partial charge in [0, 0.05) is 31.5 Å². The number of aromatic nitrogens is 1. The van der Waals surface area contributed by atoms with Crippen molar-refractivity contribution in [3.05, 3.63) is 78.1 Å². The molecule has 5 heteroatoms. The van der Waals surface area contributed by atoms with Gasteiger partial charge in [-0.3, -0.25) is 4.79 Å². The lowest BCUT2D eigenvalue weighted by Gasteiger charge is -2.22. The highest BCUT2D eigenvalue weighted by molar-refractivity contribution is 5.76. The van der Waals surface area contributed by atoms with Gasteiger partial charge in [-0.1, -0.05) is 37.3 Å². The summed E-state index contributed by atoms with van der Waals surface area (Å²) in [7, 11) is 0. The summed E-state index contributed by atoms with van der Waals surface area (Å²) in [6, 6.07) is 16.0. The molecule has 0 unspecified atom stereocenters. The molecule has 140 valence electrons. The van der Waals surface area contributed by atoms with Crippen LogP contribution in [0.3, 0.4) is 0 Å². The van der Waals surface area contributed by atoms with E-state index in [0.717, 1.165) is 24.1 Å². The van der Waals surface area contributed by atoms with E-state index < -0.39 is 0 Å². The lowest BCUT2D eigenvalue weighted by Crippen LogP contribution is -2.31. The van der Waals surface area contributed by atoms with Crippen molar-refractivity contribution in [3.63, 3.8) is 0 Å². The molecule has 0 aliphatic carbocycles. The molecule has 1 aromatic heterocycles. The molecule has 0 N–H and O–H groups in total. The number of rotatable bonds is 8. The van der Waals surface area contributed by atoms with Gasteiger partial charge in [-0.25, -0.2) is 9.37 Å². The second kappa shape index (κ2) is 9.12. The molecule has 0 saturated heterocycles. The molecule has 0 atom stereocenters. The molecular formula is C22H23FN2O2. The van der Waals surface area contributed by atoms with Crippen molar-refractivity contribution in [2.24, 2.45) is 0 Å². The zero-order chi connectivity index (χ0) is 19.1. The highest BCUT2D eigenvalue weighted by Crippen LogP contribution is 2.21. The first-order valence-corrected chi connectivity index (χ1v) is 9.18. The first-order chi connectivity index (χ1) is 13.2. The van der Waals surface area contributed by atoms with E-state index in [9.17, 15) is 9.18 Å². The lowest BCUT2D eigenvalue weighted by atomic mass is 10.2. The Morgan fingerprint density at radius 2 is 1.85 bits per heavy atom. The van der Waals surface area contributed by atoms with Gasteiger partial charge in [-0.15, -0.1) is 0 Å². The number of benzene rings is 2. The first-order valence-electron chi connectivity index (χ1n) is 9.18. The van der Waals surface area contributed by atoms with Crippen molar-refractivity contribution >= 4 is 5.91 Å². The summed E-state index contributed by atoms with van der Waals surface area (Å²) in [5.74, 6) is 0.881. The fourth-order valence-electron chi connectivity index (χ4n) is 2.91. The zero-order valence-electron chi connectivity index (χ0n) is 15.4. The Morgan fingerprint density at radius 3 is 2.56 bits per heavy atom. The molecular weight excluding hydrogens is 343 g/mol. The van der Waals surface area contributed by atoms with E-state index in [0.29, 0.717) is 31.0 Å². The van der Waals surface area contributed by atoms with Crippen molar-refractivity contribution in [3.8, 4) is 11.3 Å². The van der Waals surface area contributed by atoms with Crippen LogP contribution in [-0.4, -0.2) is 22.3 Å². The minimum atomic E-state index is -0.293. The number of oxazole rings is 1. The number of hydrogen-bond acceptors (Lipinski definition) is 3. The number of carbonyl (C=O) groups excluding carboxylic acids is 1. The van der Waals surface area contributed by atoms with Gasteiger partial charge in [-0.2, -0.15) is 0 Å². The summed E-state index contributed by atoms with van der Waals surface area (Å²) in [6.45, 7) is 3.40. The Hall–Kier alpha value is -2.95. The molecule has 0 bridgehead atoms. The number of aryl methyl sites for hydroxylation is 1. The maximum Gasteiger partial charge on any atom is 0.223 e. The Bertz CT molecular complexity index is 860. The summed E-state index contributed by atoms with van der Waals surface area (Å²) in [6.07, 6.45) is 3.30. The van der Waals surface area contributed by atoms with Gasteiger partial charge in [0.1, 0.15) is 5.82 Å². The fraction of sp³-hybridized carbons (Fsp3) is 0.273. The fourth-order valence-corrected chi connectivity index (χ4v) is 2.91. The van der Waals surface area contributed by atoms with Gasteiger partial charge in [0.15, 0.2) is 11.7 Å². The van der Waals surface area contributed by atoms with Gasteiger partial charge < -0.3 is 9.32 Å². The Labute approximate surface area is 158 Å². The molecule has 27 heavy (non-hydrogen) atoms. The summed E-state index contributed by atoms with van der Waals surface area (Å²) >= 11 is 0. The smallest absolute Gasteiger partial charge is 0.223 e. The molecule has 1 amide bonds. The van der Waals surface area contributed by atoms with Gasteiger partial charge in [0.25, 0.3) is 0 Å². The van der Waals surface area contributed by atoms with Gasteiger partial charge in [0.2, 0.25) is 5.91 Å². The minimum Gasteiger partial charge on any atom is -0.441 e. The molecule has 0 aliphatic rings. The summed E-state index contributed by atoms with van der Waals surface area (Å²) in [5, 5.41) is 0. The van der Waals surface area contributed by atoms with Gasteiger partial charge in [0.05, 0.1) is 6.20 Å². The van der Waals surface area contributed by atoms with E-state index in [2.05, 4.69) is 11.9 Å². The third-order valence-corrected chi connectivity index (χ3v) is 4.30. The Kier molecular flexibility index (Phi) is 6.36. The van der Waals surface area contributed by atoms with E-state index in [1.165, 1.54) is 12.1 Å². The van der Waals surface area contributed by atoms with E-state index in [-0.39, 0.29) is 11.7 Å². The lowest BCUT2D eigenvalue weighted by molar-refractivity contribution is -0.131. The van der Waals surface area contributed by atoms with E-state index >= 15 is 0 Å². The summed E-state index contributed by atoms with van der Waals surface area (Å²) in [4.78, 5) is 18.8. The van der Waals surface area contributed by atoms with Crippen LogP contribution < -0.4 is 0 Å². The maximum absolute atomic E-state index is 13.0. The summed E-state index contributed by atoms with van der Waals surface area (Å²) < 4.78 is 18.7. The predicted molar refractivity (Wildman–Crippen MR) is 102 cm³/mol. The van der Waals surface area contributed by atoms with Gasteiger partial charge in [-0.05, 0) is 36.2 Å². The molecule has 3 rings (SSSR count). The Balaban J connectivity index is 1.59. The third kappa shape index (κ3) is 5.26. The monoisotopic (exact) mass is 366 g/mol. The second-order valence-corrected chi connectivity index (χ2v) is 6.43. The number of nitrogens with zero attached hydrogens (tertiary/aromatic N) is 2. The molecule has 0 radical (unpaired) electrons. The largest absolute Gasteiger partial charge is 0.441 e. The van der Waals surface area contributed by atoms with E-state index in [4.69, 9.17) is 4.42 Å². The number of halogens is 1. The van der Waals surface area contributed by atoms with Crippen molar-refractivity contribution in [2.45, 2.75) is 32.7 Å². The average molecular weight is 366 g/mol. The van der Waals surface area contributed by atoms with Crippen molar-refractivity contribution in [1.82, 2.24) is 9.88 Å². The van der Waals surface area contributed by atoms with Crippen molar-refractivity contribution in [1.29, 1.82) is 0 Å². The number of carbonyl (C=O) groups is 1. The quantitative estimate of drug-likeness (QED) is 0.572. The molecule has 3 aromatic rings. The number of amides is 1. The highest BCUT2D eigenvalue weighted by atomic mass is 19.1. The molecule has 0 saturated carbocycles. The number of hydrogen-bond donors (Lipinski definition) is 0. The van der Waals surface area contributed by atoms with Crippen molar-refractivity contribution in [2.75, 3.05) is 6.54 Å². The van der Waals surface area contributed by atoms with Crippen LogP contribution in [0.5, 0.6) is 0 Å². The van der Waals surface area contributed by atoms with Crippen LogP contribution in [0.25, 0.3) is 11.3 Å². The van der Waals surface area contributed by atoms with E-state index in [1.54, 1.807) is 18.3 Å². The van der Waals surface area contributed by atoms with Crippen LogP contribution in [0.4, 0.5) is 4.39 Å². The van der Waals surface area contributed by atoms with Crippen molar-refractivity contribution < 1.29 is 13.6 Å². The standard InChI is InChI=1S/C22H23FN2O2/c1-2-14-25(16-17-6-4-3-5-7-17)22(26)13-12-21-24-15-20(27-21)18-8-10-19(23)11-9-18/h3-11,15H,2,12-14,16H2,1H3. The average Bonchev–Trinajstić information content (AvgIpc) is 3.16. The van der Waals surface area contributed by atoms with Crippen LogP contribution in [0, 0.1) is 5.82 Å². The molecule has 0 fully saturated rings. The third-order valence-electron chi connectivity index (χ3n) is 4.30. The highest BCUT2D eigenvalue weighted by Gasteiger charge is 2.15. The predicted octanol–water partition coefficient (Wildman–Crippen LogP) is 4.85. The molecule has 1 heterocycles. The Morgan fingerprint density at radius 1 is 1.11 bits per heavy atom. The van der Waals surface area contributed by atoms with Gasteiger partial charge >= 0.3 is 0 Å². The van der Waals surface area contributed by atoms with Crippen LogP contribution in [0.2, 0.25) is 0 Å². The molecule has 0 aliphatic heterocycles. The van der Waals surface area contributed by atoms with Crippen LogP contribution in [-0.2, 0) is 17.8 Å². The molecule has 2 aromatic carbocycles. The summed E-state index contributed by atoms with van der Waals surface area (Å²) in [5.41, 5.74) is 1.88. The zero-order valence-corrected chi connectivity index (χ0v) is 15.4. The SMILES string of the molecule is CCCN(Cc1ccccc1)C(=O)CCc1ncc(-c2ccc(F)cc2)o1. The van der Waals surface area contributed by atoms with Crippen LogP contribution >= 0.6 is 0 Å². The topological polar surface area (TPSA) is 46.3 Å². The molecule has 4 nitrogen and oxygen atoms in total. The maximum atomic E-state index is 13.0. The first kappa shape index (κ1) is 18.8. The molecule has 0 spiro atoms. The second-order valence-electron chi connectivity index (χ2n) is 6.43. The minimum absolute atomic E-state index is 0.0854. The van der Waals surface area contributed by atoms with Crippen LogP contribution in [0.15, 0.2) is 65.2 Å². The van der Waals surface area contributed by atoms with Crippen LogP contribution in [0.1, 0.15) is 31.2 Å². The normalized spacial score (nSPS) is 10.7.